The molecule has 0 radical (unpaired) electrons. The van der Waals surface area contributed by atoms with Crippen molar-refractivity contribution in [2.75, 3.05) is 11.9 Å². The van der Waals surface area contributed by atoms with Crippen molar-refractivity contribution in [2.45, 2.75) is 26.9 Å². The molecule has 0 saturated carbocycles. The first-order valence-electron chi connectivity index (χ1n) is 6.21. The first-order valence-corrected chi connectivity index (χ1v) is 7.03. The maximum absolute atomic E-state index is 11.5. The van der Waals surface area contributed by atoms with E-state index in [4.69, 9.17) is 4.74 Å². The number of nitrogens with zero attached hydrogens (tertiary/aromatic N) is 1. The molecule has 2 rings (SSSR count). The van der Waals surface area contributed by atoms with E-state index in [1.54, 1.807) is 0 Å². The van der Waals surface area contributed by atoms with Gasteiger partial charge in [0.1, 0.15) is 5.75 Å². The lowest BCUT2D eigenvalue weighted by molar-refractivity contribution is 0.246. The van der Waals surface area contributed by atoms with Crippen molar-refractivity contribution in [1.29, 1.82) is 0 Å². The van der Waals surface area contributed by atoms with Gasteiger partial charge in [-0.1, -0.05) is 17.4 Å². The van der Waals surface area contributed by atoms with Crippen LogP contribution in [0.25, 0.3) is 10.2 Å². The van der Waals surface area contributed by atoms with E-state index in [1.807, 2.05) is 39.0 Å². The van der Waals surface area contributed by atoms with Crippen molar-refractivity contribution in [3.05, 3.63) is 18.2 Å². The Bertz CT molecular complexity index is 580. The largest absolute Gasteiger partial charge is 0.489 e. The van der Waals surface area contributed by atoms with Crippen molar-refractivity contribution >= 4 is 32.7 Å². The van der Waals surface area contributed by atoms with Crippen molar-refractivity contribution in [3.8, 4) is 5.75 Å². The van der Waals surface area contributed by atoms with Crippen molar-refractivity contribution in [2.24, 2.45) is 0 Å². The Morgan fingerprint density at radius 2 is 2.26 bits per heavy atom. The number of nitrogens with one attached hydrogen (secondary N) is 2. The molecule has 5 nitrogen and oxygen atoms in total. The molecule has 1 aromatic carbocycles. The molecular formula is C13H17N3O2S. The molecule has 6 heteroatoms. The summed E-state index contributed by atoms with van der Waals surface area (Å²) in [4.78, 5) is 15.8. The topological polar surface area (TPSA) is 63.2 Å². The summed E-state index contributed by atoms with van der Waals surface area (Å²) in [7, 11) is 0. The van der Waals surface area contributed by atoms with E-state index >= 15 is 0 Å². The van der Waals surface area contributed by atoms with Crippen LogP contribution in [-0.2, 0) is 0 Å². The van der Waals surface area contributed by atoms with Gasteiger partial charge in [0.2, 0.25) is 0 Å². The molecule has 0 fully saturated rings. The normalized spacial score (nSPS) is 10.7. The molecule has 0 aliphatic carbocycles. The van der Waals surface area contributed by atoms with Crippen LogP contribution in [-0.4, -0.2) is 23.7 Å². The number of ether oxygens (including phenoxy) is 1. The van der Waals surface area contributed by atoms with Crippen LogP contribution in [0.3, 0.4) is 0 Å². The van der Waals surface area contributed by atoms with Crippen molar-refractivity contribution in [1.82, 2.24) is 10.3 Å². The average molecular weight is 279 g/mol. The number of hydrogen-bond donors (Lipinski definition) is 2. The number of urea groups is 1. The van der Waals surface area contributed by atoms with Gasteiger partial charge in [0.05, 0.1) is 16.3 Å². The second kappa shape index (κ2) is 5.88. The van der Waals surface area contributed by atoms with Gasteiger partial charge < -0.3 is 10.1 Å². The van der Waals surface area contributed by atoms with E-state index in [0.29, 0.717) is 11.7 Å². The molecule has 0 spiro atoms. The van der Waals surface area contributed by atoms with Crippen LogP contribution in [0.1, 0.15) is 20.8 Å². The molecule has 0 saturated heterocycles. The first kappa shape index (κ1) is 13.6. The third-order valence-corrected chi connectivity index (χ3v) is 3.30. The molecule has 0 aliphatic rings. The van der Waals surface area contributed by atoms with E-state index in [1.165, 1.54) is 11.3 Å². The number of thiazole rings is 1. The quantitative estimate of drug-likeness (QED) is 0.903. The number of anilines is 1. The lowest BCUT2D eigenvalue weighted by Gasteiger charge is -2.09. The lowest BCUT2D eigenvalue weighted by Crippen LogP contribution is -2.28. The maximum atomic E-state index is 11.5. The third-order valence-electron chi connectivity index (χ3n) is 2.30. The van der Waals surface area contributed by atoms with Crippen LogP contribution in [0.15, 0.2) is 18.2 Å². The zero-order valence-corrected chi connectivity index (χ0v) is 12.0. The number of rotatable bonds is 4. The summed E-state index contributed by atoms with van der Waals surface area (Å²) in [6.07, 6.45) is 0.104. The summed E-state index contributed by atoms with van der Waals surface area (Å²) < 4.78 is 6.68. The standard InChI is InChI=1S/C13H17N3O2S/c1-4-14-12(17)16-13-15-9-6-5-7-10(11(9)19-13)18-8(2)3/h5-8H,4H2,1-3H3,(H2,14,15,16,17). The Hall–Kier alpha value is -1.82. The zero-order chi connectivity index (χ0) is 13.8. The fourth-order valence-corrected chi connectivity index (χ4v) is 2.54. The number of amides is 2. The Kier molecular flexibility index (Phi) is 4.21. The predicted molar refractivity (Wildman–Crippen MR) is 78.1 cm³/mol. The van der Waals surface area contributed by atoms with Gasteiger partial charge in [0, 0.05) is 6.54 Å². The van der Waals surface area contributed by atoms with E-state index in [2.05, 4.69) is 15.6 Å². The number of carbonyl (C=O) groups is 1. The molecule has 1 heterocycles. The summed E-state index contributed by atoms with van der Waals surface area (Å²) in [5.74, 6) is 0.800. The van der Waals surface area contributed by atoms with Gasteiger partial charge in [-0.2, -0.15) is 0 Å². The van der Waals surface area contributed by atoms with E-state index in [-0.39, 0.29) is 12.1 Å². The molecule has 0 atom stereocenters. The highest BCUT2D eigenvalue weighted by Gasteiger charge is 2.11. The maximum Gasteiger partial charge on any atom is 0.321 e. The summed E-state index contributed by atoms with van der Waals surface area (Å²) in [5.41, 5.74) is 0.829. The number of hydrogen-bond acceptors (Lipinski definition) is 4. The zero-order valence-electron chi connectivity index (χ0n) is 11.2. The minimum atomic E-state index is -0.243. The number of aromatic nitrogens is 1. The second-order valence-electron chi connectivity index (χ2n) is 4.27. The molecule has 2 aromatic rings. The Labute approximate surface area is 116 Å². The van der Waals surface area contributed by atoms with E-state index < -0.39 is 0 Å². The monoisotopic (exact) mass is 279 g/mol. The Balaban J connectivity index is 2.27. The van der Waals surface area contributed by atoms with Crippen LogP contribution in [0.2, 0.25) is 0 Å². The van der Waals surface area contributed by atoms with Gasteiger partial charge in [-0.25, -0.2) is 9.78 Å². The van der Waals surface area contributed by atoms with Crippen LogP contribution in [0, 0.1) is 0 Å². The molecule has 0 aliphatic heterocycles. The summed E-state index contributed by atoms with van der Waals surface area (Å²) >= 11 is 1.41. The Morgan fingerprint density at radius 1 is 1.47 bits per heavy atom. The summed E-state index contributed by atoms with van der Waals surface area (Å²) in [6, 6.07) is 5.47. The molecular weight excluding hydrogens is 262 g/mol. The molecule has 2 amide bonds. The van der Waals surface area contributed by atoms with E-state index in [0.717, 1.165) is 16.0 Å². The fraction of sp³-hybridized carbons (Fsp3) is 0.385. The van der Waals surface area contributed by atoms with Crippen LogP contribution in [0.4, 0.5) is 9.93 Å². The van der Waals surface area contributed by atoms with Gasteiger partial charge in [0.15, 0.2) is 5.13 Å². The van der Waals surface area contributed by atoms with Crippen molar-refractivity contribution < 1.29 is 9.53 Å². The van der Waals surface area contributed by atoms with Gasteiger partial charge in [-0.15, -0.1) is 0 Å². The Morgan fingerprint density at radius 3 is 2.95 bits per heavy atom. The molecule has 19 heavy (non-hydrogen) atoms. The smallest absolute Gasteiger partial charge is 0.321 e. The van der Waals surface area contributed by atoms with Gasteiger partial charge in [-0.3, -0.25) is 5.32 Å². The minimum Gasteiger partial charge on any atom is -0.489 e. The van der Waals surface area contributed by atoms with Gasteiger partial charge in [0.25, 0.3) is 0 Å². The molecule has 0 bridgehead atoms. The van der Waals surface area contributed by atoms with Crippen molar-refractivity contribution in [3.63, 3.8) is 0 Å². The highest BCUT2D eigenvalue weighted by Crippen LogP contribution is 2.34. The summed E-state index contributed by atoms with van der Waals surface area (Å²) in [6.45, 7) is 6.41. The molecule has 102 valence electrons. The fourth-order valence-electron chi connectivity index (χ4n) is 1.63. The van der Waals surface area contributed by atoms with Gasteiger partial charge >= 0.3 is 6.03 Å². The number of carbonyl (C=O) groups excluding carboxylic acids is 1. The third kappa shape index (κ3) is 3.35. The molecule has 2 N–H and O–H groups in total. The molecule has 0 unspecified atom stereocenters. The number of benzene rings is 1. The highest BCUT2D eigenvalue weighted by molar-refractivity contribution is 7.22. The SMILES string of the molecule is CCNC(=O)Nc1nc2cccc(OC(C)C)c2s1. The summed E-state index contributed by atoms with van der Waals surface area (Å²) in [5, 5.41) is 5.96. The van der Waals surface area contributed by atoms with E-state index in [9.17, 15) is 4.79 Å². The van der Waals surface area contributed by atoms with Crippen LogP contribution in [0.5, 0.6) is 5.75 Å². The minimum absolute atomic E-state index is 0.104. The first-order chi connectivity index (χ1) is 9.10. The van der Waals surface area contributed by atoms with Crippen LogP contribution >= 0.6 is 11.3 Å². The van der Waals surface area contributed by atoms with Gasteiger partial charge in [-0.05, 0) is 32.9 Å². The highest BCUT2D eigenvalue weighted by atomic mass is 32.1. The lowest BCUT2D eigenvalue weighted by atomic mass is 10.3. The number of fused-ring (bicyclic) bond motifs is 1. The second-order valence-corrected chi connectivity index (χ2v) is 5.27. The average Bonchev–Trinajstić information content (AvgIpc) is 2.72. The predicted octanol–water partition coefficient (Wildman–Crippen LogP) is 3.22. The van der Waals surface area contributed by atoms with Crippen LogP contribution < -0.4 is 15.4 Å². The molecule has 1 aromatic heterocycles.